The van der Waals surface area contributed by atoms with Crippen molar-refractivity contribution in [3.05, 3.63) is 0 Å². The number of rotatable bonds is 8. The van der Waals surface area contributed by atoms with E-state index in [0.717, 1.165) is 0 Å². The Balaban J connectivity index is 1.93. The largest absolute Gasteiger partial charge is 0.0648 e. The molecule has 0 aromatic heterocycles. The molecule has 6 aliphatic rings. The summed E-state index contributed by atoms with van der Waals surface area (Å²) in [5.74, 6) is 0. The quantitative estimate of drug-likeness (QED) is 0.441. The Morgan fingerprint density at radius 1 is 0.250 bits per heavy atom. The second-order valence-corrected chi connectivity index (χ2v) is 10.1. The van der Waals surface area contributed by atoms with Gasteiger partial charge in [-0.2, -0.15) is 0 Å². The van der Waals surface area contributed by atoms with E-state index in [-0.39, 0.29) is 0 Å². The lowest BCUT2D eigenvalue weighted by Crippen LogP contribution is -2.80. The molecule has 136 valence electrons. The minimum absolute atomic E-state index is 0.698. The van der Waals surface area contributed by atoms with Gasteiger partial charge < -0.3 is 0 Å². The third-order valence-electron chi connectivity index (χ3n) is 12.9. The molecule has 0 heteroatoms. The Morgan fingerprint density at radius 3 is 0.375 bits per heavy atom. The first-order valence-corrected chi connectivity index (χ1v) is 11.5. The lowest BCUT2D eigenvalue weighted by Gasteiger charge is -2.83. The van der Waals surface area contributed by atoms with Crippen molar-refractivity contribution in [3.8, 4) is 0 Å². The molecule has 0 saturated heterocycles. The molecular weight excluding hydrogens is 288 g/mol. The van der Waals surface area contributed by atoms with E-state index in [1.807, 2.05) is 0 Å². The summed E-state index contributed by atoms with van der Waals surface area (Å²) in [5.41, 5.74) is 5.64. The molecule has 24 heavy (non-hydrogen) atoms. The molecule has 0 bridgehead atoms. The number of hydrogen-bond donors (Lipinski definition) is 0. The summed E-state index contributed by atoms with van der Waals surface area (Å²) >= 11 is 0. The summed E-state index contributed by atoms with van der Waals surface area (Å²) < 4.78 is 0. The van der Waals surface area contributed by atoms with Crippen molar-refractivity contribution in [2.45, 2.75) is 107 Å². The van der Waals surface area contributed by atoms with Crippen molar-refractivity contribution in [1.29, 1.82) is 0 Å². The molecule has 0 amide bonds. The van der Waals surface area contributed by atoms with Gasteiger partial charge in [0.2, 0.25) is 0 Å². The van der Waals surface area contributed by atoms with Crippen LogP contribution in [0.5, 0.6) is 0 Å². The summed E-state index contributed by atoms with van der Waals surface area (Å²) in [5, 5.41) is 0. The number of hydrogen-bond acceptors (Lipinski definition) is 0. The average molecular weight is 329 g/mol. The van der Waals surface area contributed by atoms with Gasteiger partial charge in [0.25, 0.3) is 0 Å². The molecular formula is C24H40. The monoisotopic (exact) mass is 328 g/mol. The van der Waals surface area contributed by atoms with Crippen molar-refractivity contribution in [1.82, 2.24) is 0 Å². The van der Waals surface area contributed by atoms with E-state index in [2.05, 4.69) is 55.4 Å². The lowest BCUT2D eigenvalue weighted by atomic mass is 9.19. The topological polar surface area (TPSA) is 0 Å². The molecule has 0 radical (unpaired) electrons. The minimum Gasteiger partial charge on any atom is -0.0648 e. The second-order valence-electron chi connectivity index (χ2n) is 10.1. The van der Waals surface area contributed by atoms with Crippen LogP contribution in [0.1, 0.15) is 107 Å². The van der Waals surface area contributed by atoms with Crippen molar-refractivity contribution < 1.29 is 0 Å². The van der Waals surface area contributed by atoms with Gasteiger partial charge in [0.15, 0.2) is 0 Å². The molecule has 0 aromatic carbocycles. The molecule has 6 fully saturated rings. The second kappa shape index (κ2) is 3.55. The van der Waals surface area contributed by atoms with E-state index in [4.69, 9.17) is 0 Å². The first kappa shape index (κ1) is 16.2. The zero-order valence-electron chi connectivity index (χ0n) is 17.7. The fourth-order valence-corrected chi connectivity index (χ4v) is 15.2. The van der Waals surface area contributed by atoms with Crippen LogP contribution in [0.2, 0.25) is 0 Å². The van der Waals surface area contributed by atoms with Gasteiger partial charge in [0, 0.05) is 0 Å². The van der Waals surface area contributed by atoms with Crippen LogP contribution in [0.15, 0.2) is 0 Å². The van der Waals surface area contributed by atoms with E-state index in [1.54, 1.807) is 0 Å². The van der Waals surface area contributed by atoms with E-state index in [9.17, 15) is 0 Å². The van der Waals surface area contributed by atoms with Gasteiger partial charge in [-0.25, -0.2) is 0 Å². The van der Waals surface area contributed by atoms with Crippen molar-refractivity contribution in [2.75, 3.05) is 0 Å². The van der Waals surface area contributed by atoms with Gasteiger partial charge in [-0.3, -0.25) is 0 Å². The molecule has 0 unspecified atom stereocenters. The first-order chi connectivity index (χ1) is 11.5. The van der Waals surface area contributed by atoms with Crippen molar-refractivity contribution >= 4 is 0 Å². The molecule has 6 saturated carbocycles. The predicted molar refractivity (Wildman–Crippen MR) is 102 cm³/mol. The molecule has 0 heterocycles. The first-order valence-electron chi connectivity index (χ1n) is 11.5. The standard InChI is InChI=1S/C24H40/c1-9-17-18(10-2)21(17,13-5)22(14-6)19(11-3)20(22,12-4)24(18,16-8)23(17,19)15-7/h9-16H2,1-8H3. The zero-order valence-corrected chi connectivity index (χ0v) is 17.7. The minimum atomic E-state index is 0.698. The maximum absolute atomic E-state index is 2.58. The van der Waals surface area contributed by atoms with Crippen LogP contribution in [-0.4, -0.2) is 0 Å². The Hall–Kier alpha value is 0. The van der Waals surface area contributed by atoms with Crippen LogP contribution in [0.4, 0.5) is 0 Å². The van der Waals surface area contributed by atoms with Crippen LogP contribution in [0.25, 0.3) is 0 Å². The predicted octanol–water partition coefficient (Wildman–Crippen LogP) is 7.23. The van der Waals surface area contributed by atoms with Crippen LogP contribution >= 0.6 is 0 Å². The maximum Gasteiger partial charge on any atom is -0.00965 e. The molecule has 0 aromatic rings. The van der Waals surface area contributed by atoms with Gasteiger partial charge in [-0.05, 0) is 94.7 Å². The molecule has 0 spiro atoms. The van der Waals surface area contributed by atoms with Crippen LogP contribution in [0.3, 0.4) is 0 Å². The van der Waals surface area contributed by atoms with Crippen LogP contribution in [-0.2, 0) is 0 Å². The van der Waals surface area contributed by atoms with E-state index in [1.165, 1.54) is 51.4 Å². The highest BCUT2D eigenvalue weighted by atomic mass is 15.4. The summed E-state index contributed by atoms with van der Waals surface area (Å²) in [4.78, 5) is 0. The zero-order chi connectivity index (χ0) is 17.7. The Bertz CT molecular complexity index is 506. The summed E-state index contributed by atoms with van der Waals surface area (Å²) in [7, 11) is 0. The van der Waals surface area contributed by atoms with Crippen LogP contribution < -0.4 is 0 Å². The van der Waals surface area contributed by atoms with E-state index < -0.39 is 0 Å². The third-order valence-corrected chi connectivity index (χ3v) is 12.9. The summed E-state index contributed by atoms with van der Waals surface area (Å²) in [6, 6.07) is 0. The highest BCUT2D eigenvalue weighted by Crippen LogP contribution is 3.36. The van der Waals surface area contributed by atoms with Crippen molar-refractivity contribution in [2.24, 2.45) is 43.3 Å². The maximum atomic E-state index is 2.58. The van der Waals surface area contributed by atoms with Gasteiger partial charge in [-0.1, -0.05) is 55.4 Å². The lowest BCUT2D eigenvalue weighted by molar-refractivity contribution is -0.374. The van der Waals surface area contributed by atoms with Crippen molar-refractivity contribution in [3.63, 3.8) is 0 Å². The SMILES string of the molecule is CCC12C3(CC)C1(CC)C1(CC)C4(CC)C1(CC)C3(CC)C24CC. The molecule has 6 rings (SSSR count). The summed E-state index contributed by atoms with van der Waals surface area (Å²) in [6.45, 7) is 20.6. The fraction of sp³-hybridized carbons (Fsp3) is 1.00. The van der Waals surface area contributed by atoms with E-state index >= 15 is 0 Å². The average Bonchev–Trinajstić information content (AvgIpc) is 3.31. The Labute approximate surface area is 150 Å². The Kier molecular flexibility index (Phi) is 2.40. The third kappa shape index (κ3) is 0.592. The Morgan fingerprint density at radius 2 is 0.333 bits per heavy atom. The molecule has 0 N–H and O–H groups in total. The fourth-order valence-electron chi connectivity index (χ4n) is 15.2. The smallest absolute Gasteiger partial charge is 0.00965 e. The van der Waals surface area contributed by atoms with Gasteiger partial charge in [-0.15, -0.1) is 0 Å². The van der Waals surface area contributed by atoms with E-state index in [0.29, 0.717) is 43.3 Å². The highest BCUT2D eigenvalue weighted by molar-refractivity contribution is 5.78. The normalized spacial score (nSPS) is 69.0. The van der Waals surface area contributed by atoms with Gasteiger partial charge >= 0.3 is 0 Å². The molecule has 0 nitrogen and oxygen atoms in total. The molecule has 6 aliphatic carbocycles. The summed E-state index contributed by atoms with van der Waals surface area (Å²) in [6.07, 6.45) is 11.7. The molecule has 0 aliphatic heterocycles. The molecule has 0 atom stereocenters. The highest BCUT2D eigenvalue weighted by Gasteiger charge is 3.33. The van der Waals surface area contributed by atoms with Crippen LogP contribution in [0, 0.1) is 43.3 Å². The van der Waals surface area contributed by atoms with Gasteiger partial charge in [0.1, 0.15) is 0 Å². The van der Waals surface area contributed by atoms with Gasteiger partial charge in [0.05, 0.1) is 0 Å².